The molecule has 0 saturated heterocycles. The van der Waals surface area contributed by atoms with Crippen LogP contribution in [0.2, 0.25) is 0 Å². The molecule has 20 heavy (non-hydrogen) atoms. The fourth-order valence-corrected chi connectivity index (χ4v) is 2.29. The van der Waals surface area contributed by atoms with Crippen LogP contribution in [0.15, 0.2) is 21.8 Å². The molecule has 0 aliphatic rings. The van der Waals surface area contributed by atoms with Crippen molar-refractivity contribution in [2.24, 2.45) is 4.99 Å². The van der Waals surface area contributed by atoms with Crippen LogP contribution in [0.5, 0.6) is 0 Å². The lowest BCUT2D eigenvalue weighted by molar-refractivity contribution is -0.120. The maximum atomic E-state index is 11.6. The van der Waals surface area contributed by atoms with E-state index in [1.54, 1.807) is 25.5 Å². The van der Waals surface area contributed by atoms with Gasteiger partial charge in [-0.1, -0.05) is 0 Å². The lowest BCUT2D eigenvalue weighted by Crippen LogP contribution is -2.44. The first-order valence-electron chi connectivity index (χ1n) is 6.36. The summed E-state index contributed by atoms with van der Waals surface area (Å²) in [5.74, 6) is 0.616. The Morgan fingerprint density at radius 3 is 2.90 bits per heavy atom. The summed E-state index contributed by atoms with van der Waals surface area (Å²) < 4.78 is 4.87. The van der Waals surface area contributed by atoms with Crippen molar-refractivity contribution in [2.45, 2.75) is 6.54 Å². The highest BCUT2D eigenvalue weighted by Crippen LogP contribution is 2.08. The van der Waals surface area contributed by atoms with Crippen LogP contribution in [-0.2, 0) is 16.1 Å². The number of rotatable bonds is 7. The van der Waals surface area contributed by atoms with Crippen molar-refractivity contribution < 1.29 is 9.53 Å². The van der Waals surface area contributed by atoms with Gasteiger partial charge in [-0.05, 0) is 22.4 Å². The van der Waals surface area contributed by atoms with E-state index >= 15 is 0 Å². The minimum atomic E-state index is -0.0767. The van der Waals surface area contributed by atoms with Crippen molar-refractivity contribution in [3.8, 4) is 0 Å². The van der Waals surface area contributed by atoms with E-state index in [1.165, 1.54) is 5.56 Å². The number of amides is 1. The van der Waals surface area contributed by atoms with E-state index in [1.807, 2.05) is 17.3 Å². The Morgan fingerprint density at radius 2 is 2.30 bits per heavy atom. The van der Waals surface area contributed by atoms with Gasteiger partial charge < -0.3 is 20.3 Å². The van der Waals surface area contributed by atoms with Crippen LogP contribution in [0.25, 0.3) is 0 Å². The zero-order chi connectivity index (χ0) is 14.8. The molecule has 0 radical (unpaired) electrons. The van der Waals surface area contributed by atoms with Crippen molar-refractivity contribution >= 4 is 23.2 Å². The molecule has 0 aromatic carbocycles. The number of nitrogens with one attached hydrogen (secondary N) is 2. The summed E-state index contributed by atoms with van der Waals surface area (Å²) in [5, 5.41) is 9.93. The fraction of sp³-hybridized carbons (Fsp3) is 0.538. The lowest BCUT2D eigenvalue weighted by Gasteiger charge is -2.21. The predicted molar refractivity (Wildman–Crippen MR) is 82.0 cm³/mol. The molecule has 1 amide bonds. The molecule has 1 rings (SSSR count). The van der Waals surface area contributed by atoms with Gasteiger partial charge in [0, 0.05) is 34.3 Å². The molecule has 6 nitrogen and oxygen atoms in total. The Labute approximate surface area is 123 Å². The number of hydrogen-bond acceptors (Lipinski definition) is 4. The van der Waals surface area contributed by atoms with Gasteiger partial charge >= 0.3 is 0 Å². The van der Waals surface area contributed by atoms with Crippen LogP contribution in [0.4, 0.5) is 0 Å². The SMILES string of the molecule is CN=C(NCC(=O)NCCOC)N(C)Cc1ccsc1. The summed E-state index contributed by atoms with van der Waals surface area (Å²) in [6.45, 7) is 1.98. The summed E-state index contributed by atoms with van der Waals surface area (Å²) >= 11 is 1.67. The predicted octanol–water partition coefficient (Wildman–Crippen LogP) is 0.518. The third-order valence-electron chi connectivity index (χ3n) is 2.61. The summed E-state index contributed by atoms with van der Waals surface area (Å²) in [6.07, 6.45) is 0. The second kappa shape index (κ2) is 9.33. The Morgan fingerprint density at radius 1 is 1.50 bits per heavy atom. The van der Waals surface area contributed by atoms with Crippen molar-refractivity contribution in [2.75, 3.05) is 40.9 Å². The molecule has 1 aromatic rings. The minimum absolute atomic E-state index is 0.0767. The van der Waals surface area contributed by atoms with E-state index in [0.717, 1.165) is 6.54 Å². The average Bonchev–Trinajstić information content (AvgIpc) is 2.92. The van der Waals surface area contributed by atoms with E-state index in [-0.39, 0.29) is 12.5 Å². The first-order chi connectivity index (χ1) is 9.67. The molecular weight excluding hydrogens is 276 g/mol. The quantitative estimate of drug-likeness (QED) is 0.437. The Balaban J connectivity index is 2.33. The van der Waals surface area contributed by atoms with E-state index in [0.29, 0.717) is 19.1 Å². The average molecular weight is 298 g/mol. The molecule has 0 saturated carbocycles. The van der Waals surface area contributed by atoms with Crippen LogP contribution < -0.4 is 10.6 Å². The van der Waals surface area contributed by atoms with Gasteiger partial charge in [0.15, 0.2) is 5.96 Å². The largest absolute Gasteiger partial charge is 0.383 e. The maximum Gasteiger partial charge on any atom is 0.239 e. The van der Waals surface area contributed by atoms with Crippen LogP contribution in [0.1, 0.15) is 5.56 Å². The highest BCUT2D eigenvalue weighted by atomic mass is 32.1. The Kier molecular flexibility index (Phi) is 7.67. The highest BCUT2D eigenvalue weighted by Gasteiger charge is 2.08. The first kappa shape index (κ1) is 16.5. The number of hydrogen-bond donors (Lipinski definition) is 2. The van der Waals surface area contributed by atoms with Crippen molar-refractivity contribution in [3.05, 3.63) is 22.4 Å². The minimum Gasteiger partial charge on any atom is -0.383 e. The number of thiophene rings is 1. The number of nitrogens with zero attached hydrogens (tertiary/aromatic N) is 2. The molecule has 0 fully saturated rings. The standard InChI is InChI=1S/C13H22N4O2S/c1-14-13(16-8-12(18)15-5-6-19-3)17(2)9-11-4-7-20-10-11/h4,7,10H,5-6,8-9H2,1-3H3,(H,14,16)(H,15,18). The van der Waals surface area contributed by atoms with E-state index < -0.39 is 0 Å². The van der Waals surface area contributed by atoms with E-state index in [4.69, 9.17) is 4.74 Å². The number of aliphatic imine (C=N–C) groups is 1. The number of ether oxygens (including phenoxy) is 1. The van der Waals surface area contributed by atoms with Crippen molar-refractivity contribution in [1.29, 1.82) is 0 Å². The van der Waals surface area contributed by atoms with E-state index in [2.05, 4.69) is 27.1 Å². The molecule has 0 aliphatic carbocycles. The summed E-state index contributed by atoms with van der Waals surface area (Å²) in [7, 11) is 5.25. The van der Waals surface area contributed by atoms with Crippen LogP contribution >= 0.6 is 11.3 Å². The number of methoxy groups -OCH3 is 1. The topological polar surface area (TPSA) is 66.0 Å². The van der Waals surface area contributed by atoms with Gasteiger partial charge in [-0.3, -0.25) is 9.79 Å². The number of carbonyl (C=O) groups is 1. The van der Waals surface area contributed by atoms with Crippen LogP contribution in [-0.4, -0.2) is 57.7 Å². The second-order valence-electron chi connectivity index (χ2n) is 4.23. The Hall–Kier alpha value is -1.60. The molecule has 0 bridgehead atoms. The molecule has 7 heteroatoms. The first-order valence-corrected chi connectivity index (χ1v) is 7.30. The monoisotopic (exact) mass is 298 g/mol. The zero-order valence-corrected chi connectivity index (χ0v) is 13.0. The molecule has 0 aliphatic heterocycles. The molecule has 112 valence electrons. The molecular formula is C13H22N4O2S. The van der Waals surface area contributed by atoms with Gasteiger partial charge in [0.25, 0.3) is 0 Å². The number of guanidine groups is 1. The smallest absolute Gasteiger partial charge is 0.239 e. The Bertz CT molecular complexity index is 420. The summed E-state index contributed by atoms with van der Waals surface area (Å²) in [5.41, 5.74) is 1.23. The molecule has 0 atom stereocenters. The third kappa shape index (κ3) is 6.03. The van der Waals surface area contributed by atoms with Gasteiger partial charge in [0.05, 0.1) is 13.2 Å². The van der Waals surface area contributed by atoms with Gasteiger partial charge in [-0.15, -0.1) is 0 Å². The van der Waals surface area contributed by atoms with Gasteiger partial charge in [-0.2, -0.15) is 11.3 Å². The lowest BCUT2D eigenvalue weighted by atomic mass is 10.3. The molecule has 1 aromatic heterocycles. The van der Waals surface area contributed by atoms with Crippen molar-refractivity contribution in [1.82, 2.24) is 15.5 Å². The number of carbonyl (C=O) groups excluding carboxylic acids is 1. The van der Waals surface area contributed by atoms with Crippen molar-refractivity contribution in [3.63, 3.8) is 0 Å². The molecule has 1 heterocycles. The van der Waals surface area contributed by atoms with Gasteiger partial charge in [-0.25, -0.2) is 0 Å². The van der Waals surface area contributed by atoms with Crippen LogP contribution in [0.3, 0.4) is 0 Å². The highest BCUT2D eigenvalue weighted by molar-refractivity contribution is 7.07. The normalized spacial score (nSPS) is 11.2. The zero-order valence-electron chi connectivity index (χ0n) is 12.2. The van der Waals surface area contributed by atoms with Gasteiger partial charge in [0.1, 0.15) is 0 Å². The molecule has 0 unspecified atom stereocenters. The maximum absolute atomic E-state index is 11.6. The second-order valence-corrected chi connectivity index (χ2v) is 5.01. The van der Waals surface area contributed by atoms with E-state index in [9.17, 15) is 4.79 Å². The molecule has 2 N–H and O–H groups in total. The fourth-order valence-electron chi connectivity index (χ4n) is 1.63. The molecule has 0 spiro atoms. The third-order valence-corrected chi connectivity index (χ3v) is 3.34. The summed E-state index contributed by atoms with van der Waals surface area (Å²) in [4.78, 5) is 17.7. The van der Waals surface area contributed by atoms with Crippen LogP contribution in [0, 0.1) is 0 Å². The summed E-state index contributed by atoms with van der Waals surface area (Å²) in [6, 6.07) is 2.08. The van der Waals surface area contributed by atoms with Gasteiger partial charge in [0.2, 0.25) is 5.91 Å².